The molecule has 0 aliphatic carbocycles. The van der Waals surface area contributed by atoms with Gasteiger partial charge in [-0.05, 0) is 27.7 Å². The molecule has 0 aliphatic heterocycles. The summed E-state index contributed by atoms with van der Waals surface area (Å²) in [5, 5.41) is 0. The van der Waals surface area contributed by atoms with Gasteiger partial charge in [0.15, 0.2) is 0 Å². The summed E-state index contributed by atoms with van der Waals surface area (Å²) < 4.78 is 37.8. The fraction of sp³-hybridized carbons (Fsp3) is 0.500. The molecule has 4 aromatic heterocycles. The number of rotatable bonds is 6. The van der Waals surface area contributed by atoms with Crippen molar-refractivity contribution in [1.29, 1.82) is 0 Å². The Kier molecular flexibility index (Phi) is 17.9. The molecule has 0 atom stereocenters. The molecule has 41 heavy (non-hydrogen) atoms. The van der Waals surface area contributed by atoms with Crippen LogP contribution >= 0.6 is 15.6 Å². The SMILES string of the molecule is CCn1cc[n+](C)c1.CCn1cc[n+](C)c1.CCn1cc[n+](C)c1.CCn1cc[n+](C)c1.O=P([O-])([O-])OP(=O)([O-])[O-]. The molecular weight excluding hydrogens is 574 g/mol. The van der Waals surface area contributed by atoms with E-state index in [1.165, 1.54) is 0 Å². The third-order valence-corrected chi connectivity index (χ3v) is 6.56. The summed E-state index contributed by atoms with van der Waals surface area (Å²) in [4.78, 5) is 37.3. The minimum Gasteiger partial charge on any atom is -0.790 e. The average molecular weight is 619 g/mol. The van der Waals surface area contributed by atoms with Crippen molar-refractivity contribution in [2.24, 2.45) is 28.2 Å². The Hall–Kier alpha value is -2.90. The van der Waals surface area contributed by atoms with Crippen LogP contribution in [0.1, 0.15) is 27.7 Å². The maximum atomic E-state index is 9.32. The minimum absolute atomic E-state index is 1.06. The van der Waals surface area contributed by atoms with Gasteiger partial charge in [0.25, 0.3) is 0 Å². The molecule has 232 valence electrons. The van der Waals surface area contributed by atoms with Crippen LogP contribution in [-0.4, -0.2) is 18.3 Å². The first-order valence-electron chi connectivity index (χ1n) is 12.8. The Labute approximate surface area is 242 Å². The Morgan fingerprint density at radius 3 is 0.756 bits per heavy atom. The first-order chi connectivity index (χ1) is 19.0. The fourth-order valence-corrected chi connectivity index (χ4v) is 3.86. The fourth-order valence-electron chi connectivity index (χ4n) is 2.88. The average Bonchev–Trinajstić information content (AvgIpc) is 3.67. The van der Waals surface area contributed by atoms with E-state index in [1.807, 2.05) is 71.2 Å². The summed E-state index contributed by atoms with van der Waals surface area (Å²) in [5.41, 5.74) is 0. The van der Waals surface area contributed by atoms with Crippen LogP contribution in [0.2, 0.25) is 0 Å². The maximum Gasteiger partial charge on any atom is 0.243 e. The van der Waals surface area contributed by atoms with E-state index >= 15 is 0 Å². The van der Waals surface area contributed by atoms with E-state index in [0.29, 0.717) is 0 Å². The second-order valence-electron chi connectivity index (χ2n) is 8.61. The zero-order valence-electron chi connectivity index (χ0n) is 25.1. The van der Waals surface area contributed by atoms with E-state index in [0.717, 1.165) is 26.2 Å². The lowest BCUT2D eigenvalue weighted by molar-refractivity contribution is -0.671. The van der Waals surface area contributed by atoms with Crippen LogP contribution in [0, 0.1) is 0 Å². The van der Waals surface area contributed by atoms with Crippen molar-refractivity contribution < 1.29 is 51.3 Å². The van der Waals surface area contributed by atoms with Gasteiger partial charge in [-0.2, -0.15) is 0 Å². The summed E-state index contributed by atoms with van der Waals surface area (Å²) in [5.74, 6) is 0. The van der Waals surface area contributed by atoms with Gasteiger partial charge in [0.2, 0.25) is 25.3 Å². The molecule has 0 bridgehead atoms. The van der Waals surface area contributed by atoms with Crippen LogP contribution in [0.15, 0.2) is 74.9 Å². The van der Waals surface area contributed by atoms with E-state index in [1.54, 1.807) is 0 Å². The summed E-state index contributed by atoms with van der Waals surface area (Å²) in [7, 11) is -3.27. The Bertz CT molecular complexity index is 1160. The van der Waals surface area contributed by atoms with Crippen molar-refractivity contribution in [3.05, 3.63) is 74.9 Å². The first-order valence-corrected chi connectivity index (χ1v) is 15.7. The largest absolute Gasteiger partial charge is 0.790 e. The third kappa shape index (κ3) is 20.6. The quantitative estimate of drug-likeness (QED) is 0.178. The number of aromatic nitrogens is 8. The lowest BCUT2D eigenvalue weighted by Gasteiger charge is -2.39. The summed E-state index contributed by atoms with van der Waals surface area (Å²) in [6.45, 7) is 12.7. The molecule has 0 fully saturated rings. The van der Waals surface area contributed by atoms with E-state index < -0.39 is 15.6 Å². The molecule has 0 N–H and O–H groups in total. The van der Waals surface area contributed by atoms with Crippen molar-refractivity contribution >= 4 is 15.6 Å². The number of aryl methyl sites for hydroxylation is 8. The van der Waals surface area contributed by atoms with Crippen LogP contribution in [-0.2, 0) is 67.8 Å². The number of hydrogen-bond acceptors (Lipinski definition) is 7. The molecular formula is C24H44N8O7P2. The van der Waals surface area contributed by atoms with Gasteiger partial charge in [-0.1, -0.05) is 0 Å². The predicted molar refractivity (Wildman–Crippen MR) is 141 cm³/mol. The van der Waals surface area contributed by atoms with Gasteiger partial charge in [0, 0.05) is 0 Å². The molecule has 4 aromatic rings. The maximum absolute atomic E-state index is 9.32. The molecule has 17 heteroatoms. The second kappa shape index (κ2) is 19.3. The highest BCUT2D eigenvalue weighted by Gasteiger charge is 1.95. The van der Waals surface area contributed by atoms with E-state index in [4.69, 9.17) is 0 Å². The van der Waals surface area contributed by atoms with Crippen LogP contribution in [0.25, 0.3) is 0 Å². The van der Waals surface area contributed by atoms with Gasteiger partial charge in [0.1, 0.15) is 49.6 Å². The minimum atomic E-state index is -5.68. The molecule has 0 aliphatic rings. The van der Waals surface area contributed by atoms with Crippen LogP contribution in [0.4, 0.5) is 0 Å². The molecule has 0 aromatic carbocycles. The zero-order valence-corrected chi connectivity index (χ0v) is 26.9. The molecule has 0 amide bonds. The van der Waals surface area contributed by atoms with E-state index in [-0.39, 0.29) is 0 Å². The van der Waals surface area contributed by atoms with Gasteiger partial charge in [-0.3, -0.25) is 0 Å². The monoisotopic (exact) mass is 618 g/mol. The van der Waals surface area contributed by atoms with E-state index in [2.05, 4.69) is 100 Å². The number of imidazole rings is 4. The normalized spacial score (nSPS) is 10.6. The van der Waals surface area contributed by atoms with Crippen LogP contribution in [0.5, 0.6) is 0 Å². The van der Waals surface area contributed by atoms with E-state index in [9.17, 15) is 28.7 Å². The molecule has 15 nitrogen and oxygen atoms in total. The summed E-state index contributed by atoms with van der Waals surface area (Å²) in [6, 6.07) is 0. The zero-order chi connectivity index (χ0) is 31.6. The second-order valence-corrected chi connectivity index (χ2v) is 11.1. The number of nitrogens with zero attached hydrogens (tertiary/aromatic N) is 8. The lowest BCUT2D eigenvalue weighted by Crippen LogP contribution is -2.23. The van der Waals surface area contributed by atoms with Crippen molar-refractivity contribution in [3.8, 4) is 0 Å². The van der Waals surface area contributed by atoms with Gasteiger partial charge in [0.05, 0.1) is 70.0 Å². The molecule has 4 rings (SSSR count). The molecule has 0 saturated carbocycles. The highest BCUT2D eigenvalue weighted by atomic mass is 31.3. The molecule has 0 saturated heterocycles. The van der Waals surface area contributed by atoms with Gasteiger partial charge in [-0.25, -0.2) is 36.5 Å². The molecule has 0 unspecified atom stereocenters. The predicted octanol–water partition coefficient (Wildman–Crippen LogP) is -2.01. The van der Waals surface area contributed by atoms with Crippen molar-refractivity contribution in [2.45, 2.75) is 53.9 Å². The topological polar surface area (TPSA) is 171 Å². The third-order valence-electron chi connectivity index (χ3n) is 4.96. The smallest absolute Gasteiger partial charge is 0.243 e. The molecule has 4 heterocycles. The highest BCUT2D eigenvalue weighted by molar-refractivity contribution is 7.57. The summed E-state index contributed by atoms with van der Waals surface area (Å²) in [6.07, 6.45) is 24.6. The molecule has 0 radical (unpaired) electrons. The van der Waals surface area contributed by atoms with Crippen LogP contribution in [0.3, 0.4) is 0 Å². The Morgan fingerprint density at radius 2 is 0.707 bits per heavy atom. The summed E-state index contributed by atoms with van der Waals surface area (Å²) >= 11 is 0. The standard InChI is InChI=1S/4C6H11N2.H4O7P2/c4*1-3-8-5-4-7(2)6-8;1-8(2,3)7-9(4,5)6/h4*4-6H,3H2,1-2H3;(H2,1,2,3)(H2,4,5,6)/q4*+1;/p-4. The number of phosphoric acid groups is 2. The van der Waals surface area contributed by atoms with Gasteiger partial charge < -0.3 is 33.0 Å². The lowest BCUT2D eigenvalue weighted by atomic mass is 10.7. The van der Waals surface area contributed by atoms with Gasteiger partial charge >= 0.3 is 0 Å². The number of hydrogen-bond donors (Lipinski definition) is 0. The highest BCUT2D eigenvalue weighted by Crippen LogP contribution is 2.42. The Balaban J connectivity index is 0.000000488. The first kappa shape index (κ1) is 38.1. The van der Waals surface area contributed by atoms with Crippen LogP contribution < -0.4 is 37.8 Å². The molecule has 0 spiro atoms. The van der Waals surface area contributed by atoms with Crippen molar-refractivity contribution in [3.63, 3.8) is 0 Å². The Morgan fingerprint density at radius 1 is 0.512 bits per heavy atom. The van der Waals surface area contributed by atoms with Crippen molar-refractivity contribution in [2.75, 3.05) is 0 Å². The van der Waals surface area contributed by atoms with Gasteiger partial charge in [-0.15, -0.1) is 0 Å². The van der Waals surface area contributed by atoms with Crippen molar-refractivity contribution in [1.82, 2.24) is 18.3 Å².